The topological polar surface area (TPSA) is 46.9 Å². The van der Waals surface area contributed by atoms with Crippen molar-refractivity contribution in [2.75, 3.05) is 7.05 Å². The first-order valence-corrected chi connectivity index (χ1v) is 4.89. The molecule has 14 heavy (non-hydrogen) atoms. The van der Waals surface area contributed by atoms with Crippen molar-refractivity contribution in [3.63, 3.8) is 0 Å². The average Bonchev–Trinajstić information content (AvgIpc) is 2.63. The number of carbonyl (C=O) groups is 1. The highest BCUT2D eigenvalue weighted by Gasteiger charge is 2.13. The van der Waals surface area contributed by atoms with Gasteiger partial charge in [0.1, 0.15) is 5.82 Å². The molecule has 0 saturated carbocycles. The van der Waals surface area contributed by atoms with Gasteiger partial charge in [0.15, 0.2) is 5.78 Å². The summed E-state index contributed by atoms with van der Waals surface area (Å²) >= 11 is 0. The number of imidazole rings is 1. The van der Waals surface area contributed by atoms with Crippen molar-refractivity contribution >= 4 is 5.78 Å². The van der Waals surface area contributed by atoms with Crippen LogP contribution in [-0.2, 0) is 17.8 Å². The summed E-state index contributed by atoms with van der Waals surface area (Å²) < 4.78 is 1.99. The summed E-state index contributed by atoms with van der Waals surface area (Å²) in [5.74, 6) is 1.02. The summed E-state index contributed by atoms with van der Waals surface area (Å²) in [6, 6.07) is -0.1000. The Morgan fingerprint density at radius 2 is 2.43 bits per heavy atom. The second kappa shape index (κ2) is 4.91. The minimum absolute atomic E-state index is 0.1000. The summed E-state index contributed by atoms with van der Waals surface area (Å²) in [7, 11) is 1.79. The Morgan fingerprint density at radius 1 is 1.71 bits per heavy atom. The van der Waals surface area contributed by atoms with E-state index in [1.807, 2.05) is 24.6 Å². The largest absolute Gasteiger partial charge is 0.335 e. The smallest absolute Gasteiger partial charge is 0.156 e. The third-order valence-corrected chi connectivity index (χ3v) is 2.39. The fraction of sp³-hybridized carbons (Fsp3) is 0.600. The zero-order valence-corrected chi connectivity index (χ0v) is 8.95. The van der Waals surface area contributed by atoms with Crippen LogP contribution in [0.1, 0.15) is 19.7 Å². The molecule has 78 valence electrons. The van der Waals surface area contributed by atoms with E-state index in [0.717, 1.165) is 12.4 Å². The van der Waals surface area contributed by atoms with Crippen molar-refractivity contribution in [1.29, 1.82) is 0 Å². The third kappa shape index (κ3) is 2.42. The van der Waals surface area contributed by atoms with Gasteiger partial charge in [0.25, 0.3) is 0 Å². The van der Waals surface area contributed by atoms with Crippen LogP contribution in [0.3, 0.4) is 0 Å². The van der Waals surface area contributed by atoms with Crippen LogP contribution in [0.4, 0.5) is 0 Å². The van der Waals surface area contributed by atoms with Crippen molar-refractivity contribution < 1.29 is 4.79 Å². The monoisotopic (exact) mass is 195 g/mol. The number of likely N-dealkylation sites (N-methyl/N-ethyl adjacent to an activating group) is 1. The van der Waals surface area contributed by atoms with Gasteiger partial charge in [0, 0.05) is 18.9 Å². The van der Waals surface area contributed by atoms with Gasteiger partial charge in [0.2, 0.25) is 0 Å². The Bertz CT molecular complexity index is 306. The minimum Gasteiger partial charge on any atom is -0.335 e. The van der Waals surface area contributed by atoms with Gasteiger partial charge in [-0.1, -0.05) is 0 Å². The molecule has 0 saturated heterocycles. The molecule has 1 rings (SSSR count). The number of rotatable bonds is 5. The molecule has 0 bridgehead atoms. The van der Waals surface area contributed by atoms with Gasteiger partial charge in [-0.25, -0.2) is 4.98 Å². The molecule has 1 aromatic rings. The molecule has 0 spiro atoms. The van der Waals surface area contributed by atoms with Crippen LogP contribution in [0.15, 0.2) is 12.4 Å². The maximum atomic E-state index is 11.6. The second-order valence-electron chi connectivity index (χ2n) is 3.28. The summed E-state index contributed by atoms with van der Waals surface area (Å²) in [6.45, 7) is 4.76. The van der Waals surface area contributed by atoms with E-state index in [0.29, 0.717) is 6.42 Å². The van der Waals surface area contributed by atoms with Crippen LogP contribution in [0.25, 0.3) is 0 Å². The van der Waals surface area contributed by atoms with Crippen LogP contribution in [0, 0.1) is 0 Å². The predicted molar refractivity (Wildman–Crippen MR) is 55.1 cm³/mol. The molecule has 1 atom stereocenters. The van der Waals surface area contributed by atoms with Crippen molar-refractivity contribution in [2.45, 2.75) is 32.9 Å². The van der Waals surface area contributed by atoms with E-state index in [1.165, 1.54) is 0 Å². The van der Waals surface area contributed by atoms with Gasteiger partial charge < -0.3 is 9.88 Å². The summed E-state index contributed by atoms with van der Waals surface area (Å²) in [5, 5.41) is 2.93. The number of aromatic nitrogens is 2. The van der Waals surface area contributed by atoms with E-state index in [-0.39, 0.29) is 11.8 Å². The van der Waals surface area contributed by atoms with Gasteiger partial charge in [-0.2, -0.15) is 0 Å². The number of hydrogen-bond acceptors (Lipinski definition) is 3. The molecule has 0 amide bonds. The number of nitrogens with zero attached hydrogens (tertiary/aromatic N) is 2. The predicted octanol–water partition coefficient (Wildman–Crippen LogP) is 0.622. The minimum atomic E-state index is -0.1000. The van der Waals surface area contributed by atoms with Crippen LogP contribution in [0.2, 0.25) is 0 Å². The van der Waals surface area contributed by atoms with Gasteiger partial charge >= 0.3 is 0 Å². The molecule has 0 aromatic carbocycles. The summed E-state index contributed by atoms with van der Waals surface area (Å²) in [6.07, 6.45) is 4.03. The number of aryl methyl sites for hydroxylation is 1. The molecule has 1 aromatic heterocycles. The zero-order chi connectivity index (χ0) is 10.6. The molecule has 0 radical (unpaired) electrons. The number of Topliss-reactive ketones (excluding diaryl/α,β-unsaturated/α-hetero) is 1. The number of ketones is 1. The van der Waals surface area contributed by atoms with Gasteiger partial charge in [0.05, 0.1) is 12.5 Å². The maximum absolute atomic E-state index is 11.6. The van der Waals surface area contributed by atoms with Crippen LogP contribution >= 0.6 is 0 Å². The number of carbonyl (C=O) groups excluding carboxylic acids is 1. The van der Waals surface area contributed by atoms with E-state index in [9.17, 15) is 4.79 Å². The Morgan fingerprint density at radius 3 is 3.00 bits per heavy atom. The van der Waals surface area contributed by atoms with E-state index in [4.69, 9.17) is 0 Å². The molecule has 0 aliphatic rings. The van der Waals surface area contributed by atoms with E-state index < -0.39 is 0 Å². The zero-order valence-electron chi connectivity index (χ0n) is 8.95. The molecular formula is C10H17N3O. The highest BCUT2D eigenvalue weighted by Crippen LogP contribution is 2.00. The number of nitrogens with one attached hydrogen (secondary N) is 1. The summed E-state index contributed by atoms with van der Waals surface area (Å²) in [5.41, 5.74) is 0. The van der Waals surface area contributed by atoms with Crippen molar-refractivity contribution in [3.8, 4) is 0 Å². The Balaban J connectivity index is 2.64. The molecule has 0 aliphatic carbocycles. The van der Waals surface area contributed by atoms with Crippen LogP contribution < -0.4 is 5.32 Å². The quantitative estimate of drug-likeness (QED) is 0.749. The Kier molecular flexibility index (Phi) is 3.83. The molecule has 1 heterocycles. The highest BCUT2D eigenvalue weighted by atomic mass is 16.1. The van der Waals surface area contributed by atoms with Gasteiger partial charge in [-0.3, -0.25) is 4.79 Å². The molecule has 4 heteroatoms. The van der Waals surface area contributed by atoms with E-state index in [1.54, 1.807) is 13.2 Å². The van der Waals surface area contributed by atoms with Crippen molar-refractivity contribution in [2.24, 2.45) is 0 Å². The first kappa shape index (κ1) is 10.9. The highest BCUT2D eigenvalue weighted by molar-refractivity contribution is 5.85. The van der Waals surface area contributed by atoms with Crippen LogP contribution in [-0.4, -0.2) is 28.4 Å². The van der Waals surface area contributed by atoms with Gasteiger partial charge in [-0.05, 0) is 20.9 Å². The standard InChI is InChI=1S/C10H17N3O/c1-4-13-6-5-12-10(13)7-9(14)8(2)11-3/h5-6,8,11H,4,7H2,1-3H3. The lowest BCUT2D eigenvalue weighted by Crippen LogP contribution is -2.32. The number of hydrogen-bond donors (Lipinski definition) is 1. The average molecular weight is 195 g/mol. The Labute approximate surface area is 84.3 Å². The Hall–Kier alpha value is -1.16. The molecule has 0 fully saturated rings. The van der Waals surface area contributed by atoms with Gasteiger partial charge in [-0.15, -0.1) is 0 Å². The lowest BCUT2D eigenvalue weighted by Gasteiger charge is -2.09. The van der Waals surface area contributed by atoms with E-state index in [2.05, 4.69) is 10.3 Å². The van der Waals surface area contributed by atoms with Crippen molar-refractivity contribution in [3.05, 3.63) is 18.2 Å². The SMILES string of the molecule is CCn1ccnc1CC(=O)C(C)NC. The lowest BCUT2D eigenvalue weighted by molar-refractivity contribution is -0.120. The van der Waals surface area contributed by atoms with Crippen molar-refractivity contribution in [1.82, 2.24) is 14.9 Å². The summed E-state index contributed by atoms with van der Waals surface area (Å²) in [4.78, 5) is 15.8. The normalized spacial score (nSPS) is 12.8. The molecule has 1 N–H and O–H groups in total. The second-order valence-corrected chi connectivity index (χ2v) is 3.28. The first-order valence-electron chi connectivity index (χ1n) is 4.89. The molecule has 4 nitrogen and oxygen atoms in total. The maximum Gasteiger partial charge on any atom is 0.156 e. The molecule has 1 unspecified atom stereocenters. The van der Waals surface area contributed by atoms with E-state index >= 15 is 0 Å². The van der Waals surface area contributed by atoms with Crippen LogP contribution in [0.5, 0.6) is 0 Å². The third-order valence-electron chi connectivity index (χ3n) is 2.39. The molecular weight excluding hydrogens is 178 g/mol. The fourth-order valence-electron chi connectivity index (χ4n) is 1.27. The lowest BCUT2D eigenvalue weighted by atomic mass is 10.1. The molecule has 0 aliphatic heterocycles. The fourth-order valence-corrected chi connectivity index (χ4v) is 1.27. The first-order chi connectivity index (χ1) is 6.69.